The Morgan fingerprint density at radius 3 is 2.15 bits per heavy atom. The van der Waals surface area contributed by atoms with Gasteiger partial charge in [0.15, 0.2) is 0 Å². The van der Waals surface area contributed by atoms with Crippen LogP contribution in [0.3, 0.4) is 0 Å². The molecule has 0 amide bonds. The van der Waals surface area contributed by atoms with Crippen molar-refractivity contribution in [1.82, 2.24) is 10.2 Å². The summed E-state index contributed by atoms with van der Waals surface area (Å²) < 4.78 is 0. The van der Waals surface area contributed by atoms with Gasteiger partial charge in [-0.05, 0) is 26.3 Å². The maximum Gasteiger partial charge on any atom is 0.0323 e. The molecule has 1 aliphatic rings. The fourth-order valence-electron chi connectivity index (χ4n) is 1.46. The fourth-order valence-corrected chi connectivity index (χ4v) is 1.46. The largest absolute Gasteiger partial charge is 0.369 e. The number of hydrogen-bond donors (Lipinski definition) is 1. The summed E-state index contributed by atoms with van der Waals surface area (Å²) >= 11 is 0. The van der Waals surface area contributed by atoms with Crippen LogP contribution in [0.1, 0.15) is 20.8 Å². The number of rotatable bonds is 2. The summed E-state index contributed by atoms with van der Waals surface area (Å²) in [6.07, 6.45) is 0. The number of piperazine rings is 1. The predicted octanol–water partition coefficient (Wildman–Crippen LogP) is 1.76. The number of hydrogen-bond acceptors (Lipinski definition) is 2. The number of nitrogens with zero attached hydrogens (tertiary/aromatic N) is 1. The number of nitrogens with one attached hydrogen (secondary N) is 1. The molecule has 0 aromatic carbocycles. The minimum Gasteiger partial charge on any atom is -0.369 e. The van der Waals surface area contributed by atoms with Gasteiger partial charge in [-0.1, -0.05) is 12.2 Å². The standard InChI is InChI=1S/C11H20N2/c1-9(2)10(3)11(4)13-7-5-12-6-8-13/h12H,4-8H2,1-3H3. The molecule has 0 aromatic rings. The Bertz CT molecular complexity index is 218. The van der Waals surface area contributed by atoms with Gasteiger partial charge in [-0.25, -0.2) is 0 Å². The van der Waals surface area contributed by atoms with Crippen molar-refractivity contribution in [2.45, 2.75) is 20.8 Å². The monoisotopic (exact) mass is 180 g/mol. The molecular weight excluding hydrogens is 160 g/mol. The molecule has 0 saturated carbocycles. The molecule has 0 aromatic heterocycles. The van der Waals surface area contributed by atoms with Crippen molar-refractivity contribution < 1.29 is 0 Å². The van der Waals surface area contributed by atoms with Crippen LogP contribution in [0.5, 0.6) is 0 Å². The van der Waals surface area contributed by atoms with Crippen molar-refractivity contribution in [2.75, 3.05) is 26.2 Å². The van der Waals surface area contributed by atoms with Gasteiger partial charge in [0, 0.05) is 31.9 Å². The van der Waals surface area contributed by atoms with Crippen LogP contribution in [0, 0.1) is 0 Å². The van der Waals surface area contributed by atoms with E-state index in [1.54, 1.807) is 0 Å². The van der Waals surface area contributed by atoms with E-state index in [1.165, 1.54) is 16.8 Å². The molecule has 0 aliphatic carbocycles. The molecule has 0 unspecified atom stereocenters. The van der Waals surface area contributed by atoms with Gasteiger partial charge >= 0.3 is 0 Å². The minimum atomic E-state index is 1.08. The quantitative estimate of drug-likeness (QED) is 0.651. The van der Waals surface area contributed by atoms with E-state index < -0.39 is 0 Å². The van der Waals surface area contributed by atoms with E-state index in [9.17, 15) is 0 Å². The molecule has 1 heterocycles. The first-order valence-corrected chi connectivity index (χ1v) is 4.92. The highest BCUT2D eigenvalue weighted by molar-refractivity contribution is 5.29. The van der Waals surface area contributed by atoms with Crippen LogP contribution in [0.4, 0.5) is 0 Å². The normalized spacial score (nSPS) is 17.0. The molecule has 0 bridgehead atoms. The third kappa shape index (κ3) is 2.59. The first-order chi connectivity index (χ1) is 6.13. The Hall–Kier alpha value is -0.760. The summed E-state index contributed by atoms with van der Waals surface area (Å²) in [6.45, 7) is 14.9. The Balaban J connectivity index is 2.61. The van der Waals surface area contributed by atoms with Gasteiger partial charge in [0.2, 0.25) is 0 Å². The molecule has 2 nitrogen and oxygen atoms in total. The fraction of sp³-hybridized carbons (Fsp3) is 0.636. The van der Waals surface area contributed by atoms with E-state index in [4.69, 9.17) is 0 Å². The van der Waals surface area contributed by atoms with Crippen molar-refractivity contribution in [2.24, 2.45) is 0 Å². The lowest BCUT2D eigenvalue weighted by Crippen LogP contribution is -2.42. The third-order valence-corrected chi connectivity index (χ3v) is 2.68. The highest BCUT2D eigenvalue weighted by Crippen LogP contribution is 2.16. The van der Waals surface area contributed by atoms with E-state index in [2.05, 4.69) is 37.6 Å². The van der Waals surface area contributed by atoms with Gasteiger partial charge in [-0.3, -0.25) is 0 Å². The van der Waals surface area contributed by atoms with Gasteiger partial charge in [0.25, 0.3) is 0 Å². The first kappa shape index (κ1) is 10.3. The third-order valence-electron chi connectivity index (χ3n) is 2.68. The summed E-state index contributed by atoms with van der Waals surface area (Å²) in [6, 6.07) is 0. The zero-order valence-electron chi connectivity index (χ0n) is 8.98. The summed E-state index contributed by atoms with van der Waals surface area (Å²) in [5.74, 6) is 0. The van der Waals surface area contributed by atoms with E-state index in [1.807, 2.05) is 0 Å². The molecule has 1 N–H and O–H groups in total. The van der Waals surface area contributed by atoms with E-state index in [-0.39, 0.29) is 0 Å². The van der Waals surface area contributed by atoms with Gasteiger partial charge in [-0.15, -0.1) is 0 Å². The van der Waals surface area contributed by atoms with Crippen LogP contribution in [-0.4, -0.2) is 31.1 Å². The highest BCUT2D eigenvalue weighted by atomic mass is 15.2. The lowest BCUT2D eigenvalue weighted by atomic mass is 10.1. The molecule has 1 fully saturated rings. The highest BCUT2D eigenvalue weighted by Gasteiger charge is 2.12. The van der Waals surface area contributed by atoms with E-state index in [0.717, 1.165) is 26.2 Å². The van der Waals surface area contributed by atoms with Crippen LogP contribution in [-0.2, 0) is 0 Å². The molecule has 1 saturated heterocycles. The Morgan fingerprint density at radius 1 is 1.15 bits per heavy atom. The SMILES string of the molecule is C=C(C(C)=C(C)C)N1CCNCC1. The second-order valence-electron chi connectivity index (χ2n) is 3.81. The Labute approximate surface area is 81.3 Å². The molecule has 1 aliphatic heterocycles. The lowest BCUT2D eigenvalue weighted by Gasteiger charge is -2.31. The van der Waals surface area contributed by atoms with Crippen LogP contribution in [0.15, 0.2) is 23.4 Å². The van der Waals surface area contributed by atoms with Gasteiger partial charge in [0.1, 0.15) is 0 Å². The minimum absolute atomic E-state index is 1.08. The van der Waals surface area contributed by atoms with Crippen molar-refractivity contribution in [1.29, 1.82) is 0 Å². The van der Waals surface area contributed by atoms with E-state index >= 15 is 0 Å². The van der Waals surface area contributed by atoms with Crippen LogP contribution < -0.4 is 5.32 Å². The molecule has 1 rings (SSSR count). The molecule has 13 heavy (non-hydrogen) atoms. The molecule has 0 spiro atoms. The first-order valence-electron chi connectivity index (χ1n) is 4.92. The summed E-state index contributed by atoms with van der Waals surface area (Å²) in [4.78, 5) is 2.36. The van der Waals surface area contributed by atoms with Crippen LogP contribution >= 0.6 is 0 Å². The maximum atomic E-state index is 4.14. The van der Waals surface area contributed by atoms with Crippen LogP contribution in [0.2, 0.25) is 0 Å². The van der Waals surface area contributed by atoms with Gasteiger partial charge in [-0.2, -0.15) is 0 Å². The van der Waals surface area contributed by atoms with Gasteiger partial charge < -0.3 is 10.2 Å². The Morgan fingerprint density at radius 2 is 1.69 bits per heavy atom. The summed E-state index contributed by atoms with van der Waals surface area (Å²) in [5, 5.41) is 3.34. The molecule has 2 heteroatoms. The second-order valence-corrected chi connectivity index (χ2v) is 3.81. The van der Waals surface area contributed by atoms with Crippen molar-refractivity contribution >= 4 is 0 Å². The van der Waals surface area contributed by atoms with Crippen molar-refractivity contribution in [3.8, 4) is 0 Å². The zero-order chi connectivity index (χ0) is 9.84. The molecule has 74 valence electrons. The van der Waals surface area contributed by atoms with Gasteiger partial charge in [0.05, 0.1) is 0 Å². The predicted molar refractivity (Wildman–Crippen MR) is 57.6 cm³/mol. The topological polar surface area (TPSA) is 15.3 Å². The van der Waals surface area contributed by atoms with Crippen LogP contribution in [0.25, 0.3) is 0 Å². The summed E-state index contributed by atoms with van der Waals surface area (Å²) in [7, 11) is 0. The molecule has 0 atom stereocenters. The average Bonchev–Trinajstić information content (AvgIpc) is 2.17. The summed E-state index contributed by atoms with van der Waals surface area (Å²) in [5.41, 5.74) is 3.90. The number of allylic oxidation sites excluding steroid dienone is 2. The molecular formula is C11H20N2. The Kier molecular flexibility index (Phi) is 3.55. The lowest BCUT2D eigenvalue weighted by molar-refractivity contribution is 0.305. The zero-order valence-corrected chi connectivity index (χ0v) is 8.98. The molecule has 0 radical (unpaired) electrons. The van der Waals surface area contributed by atoms with Crippen molar-refractivity contribution in [3.05, 3.63) is 23.4 Å². The average molecular weight is 180 g/mol. The maximum absolute atomic E-state index is 4.14. The van der Waals surface area contributed by atoms with Crippen molar-refractivity contribution in [3.63, 3.8) is 0 Å². The second kappa shape index (κ2) is 4.47. The smallest absolute Gasteiger partial charge is 0.0323 e. The van der Waals surface area contributed by atoms with E-state index in [0.29, 0.717) is 0 Å².